The fourth-order valence-corrected chi connectivity index (χ4v) is 9.76. The number of ether oxygens (including phenoxy) is 1. The summed E-state index contributed by atoms with van der Waals surface area (Å²) < 4.78 is 6.25. The first kappa shape index (κ1) is 22.9. The van der Waals surface area contributed by atoms with Crippen molar-refractivity contribution in [3.05, 3.63) is 23.3 Å². The summed E-state index contributed by atoms with van der Waals surface area (Å²) in [4.78, 5) is 12.8. The summed E-state index contributed by atoms with van der Waals surface area (Å²) in [6.07, 6.45) is 14.9. The molecule has 2 nitrogen and oxygen atoms in total. The molecule has 1 saturated heterocycles. The zero-order valence-corrected chi connectivity index (χ0v) is 21.7. The van der Waals surface area contributed by atoms with Crippen LogP contribution in [0.1, 0.15) is 99.8 Å². The van der Waals surface area contributed by atoms with Crippen molar-refractivity contribution in [2.75, 3.05) is 6.61 Å². The molecule has 8 atom stereocenters. The molecule has 0 aromatic carbocycles. The highest BCUT2D eigenvalue weighted by Gasteiger charge is 2.65. The number of carbonyl (C=O) groups is 1. The van der Waals surface area contributed by atoms with E-state index >= 15 is 0 Å². The molecule has 5 aliphatic rings. The zero-order valence-electron chi connectivity index (χ0n) is 21.7. The van der Waals surface area contributed by atoms with Gasteiger partial charge in [0, 0.05) is 11.8 Å². The van der Waals surface area contributed by atoms with Crippen molar-refractivity contribution < 1.29 is 9.53 Å². The molecule has 0 bridgehead atoms. The summed E-state index contributed by atoms with van der Waals surface area (Å²) in [5, 5.41) is 0. The van der Waals surface area contributed by atoms with Crippen LogP contribution in [0.2, 0.25) is 0 Å². The number of hydrogen-bond acceptors (Lipinski definition) is 2. The van der Waals surface area contributed by atoms with Gasteiger partial charge in [-0.25, -0.2) is 0 Å². The Kier molecular flexibility index (Phi) is 5.22. The van der Waals surface area contributed by atoms with E-state index in [1.807, 2.05) is 0 Å². The Morgan fingerprint density at radius 2 is 1.81 bits per heavy atom. The van der Waals surface area contributed by atoms with Gasteiger partial charge in [-0.3, -0.25) is 4.79 Å². The summed E-state index contributed by atoms with van der Waals surface area (Å²) in [6.45, 7) is 17.6. The largest absolute Gasteiger partial charge is 0.374 e. The SMILES string of the molecule is CC(C)=C[C@H]1C[C@@H]([C@@H]2CC[C@]3(C)C4=CCC5C(C)(C)C(=O)CC[C@]5(C)[C@H]4CC[C@@]23C)CO1. The van der Waals surface area contributed by atoms with E-state index in [0.29, 0.717) is 40.5 Å². The van der Waals surface area contributed by atoms with E-state index < -0.39 is 0 Å². The first-order valence-corrected chi connectivity index (χ1v) is 13.4. The molecule has 2 heteroatoms. The summed E-state index contributed by atoms with van der Waals surface area (Å²) in [5.74, 6) is 3.15. The second kappa shape index (κ2) is 7.30. The molecule has 0 aromatic heterocycles. The molecule has 0 aromatic rings. The van der Waals surface area contributed by atoms with Crippen LogP contribution in [-0.4, -0.2) is 18.5 Å². The van der Waals surface area contributed by atoms with Crippen molar-refractivity contribution in [1.29, 1.82) is 0 Å². The molecule has 0 amide bonds. The topological polar surface area (TPSA) is 26.3 Å². The molecular formula is C30H46O2. The summed E-state index contributed by atoms with van der Waals surface area (Å²) in [6, 6.07) is 0. The number of ketones is 1. The van der Waals surface area contributed by atoms with Crippen molar-refractivity contribution in [2.45, 2.75) is 106 Å². The third-order valence-corrected chi connectivity index (χ3v) is 11.8. The Morgan fingerprint density at radius 1 is 1.06 bits per heavy atom. The van der Waals surface area contributed by atoms with Crippen molar-refractivity contribution >= 4 is 5.78 Å². The van der Waals surface area contributed by atoms with E-state index in [9.17, 15) is 4.79 Å². The molecule has 3 saturated carbocycles. The van der Waals surface area contributed by atoms with E-state index in [2.05, 4.69) is 60.6 Å². The van der Waals surface area contributed by atoms with Gasteiger partial charge in [-0.15, -0.1) is 0 Å². The van der Waals surface area contributed by atoms with Crippen molar-refractivity contribution in [3.63, 3.8) is 0 Å². The quantitative estimate of drug-likeness (QED) is 0.416. The molecule has 0 spiro atoms. The molecule has 1 unspecified atom stereocenters. The fraction of sp³-hybridized carbons (Fsp3) is 0.833. The predicted octanol–water partition coefficient (Wildman–Crippen LogP) is 7.53. The van der Waals surface area contributed by atoms with Crippen LogP contribution >= 0.6 is 0 Å². The molecular weight excluding hydrogens is 392 g/mol. The van der Waals surface area contributed by atoms with Gasteiger partial charge in [-0.05, 0) is 98.7 Å². The minimum absolute atomic E-state index is 0.171. The second-order valence-corrected chi connectivity index (χ2v) is 13.7. The first-order chi connectivity index (χ1) is 14.9. The Bertz CT molecular complexity index is 860. The van der Waals surface area contributed by atoms with E-state index in [1.165, 1.54) is 37.7 Å². The minimum atomic E-state index is -0.171. The number of carbonyl (C=O) groups excluding carboxylic acids is 1. The molecule has 32 heavy (non-hydrogen) atoms. The van der Waals surface area contributed by atoms with Gasteiger partial charge in [0.1, 0.15) is 5.78 Å². The molecule has 1 heterocycles. The van der Waals surface area contributed by atoms with Gasteiger partial charge in [-0.1, -0.05) is 57.9 Å². The van der Waals surface area contributed by atoms with Crippen LogP contribution in [0.15, 0.2) is 23.3 Å². The van der Waals surface area contributed by atoms with E-state index in [0.717, 1.165) is 31.8 Å². The second-order valence-electron chi connectivity index (χ2n) is 13.7. The van der Waals surface area contributed by atoms with Gasteiger partial charge in [0.25, 0.3) is 0 Å². The summed E-state index contributed by atoms with van der Waals surface area (Å²) >= 11 is 0. The number of rotatable bonds is 2. The molecule has 178 valence electrons. The molecule has 4 fully saturated rings. The van der Waals surface area contributed by atoms with E-state index in [-0.39, 0.29) is 10.8 Å². The fourth-order valence-electron chi connectivity index (χ4n) is 9.76. The van der Waals surface area contributed by atoms with Crippen LogP contribution in [0.3, 0.4) is 0 Å². The smallest absolute Gasteiger partial charge is 0.138 e. The number of hydrogen-bond donors (Lipinski definition) is 0. The highest BCUT2D eigenvalue weighted by molar-refractivity contribution is 5.85. The first-order valence-electron chi connectivity index (χ1n) is 13.4. The average molecular weight is 439 g/mol. The number of Topliss-reactive ketones (excluding diaryl/α,β-unsaturated/α-hetero) is 1. The Morgan fingerprint density at radius 3 is 2.53 bits per heavy atom. The normalized spacial score (nSPS) is 49.7. The monoisotopic (exact) mass is 438 g/mol. The minimum Gasteiger partial charge on any atom is -0.374 e. The van der Waals surface area contributed by atoms with Gasteiger partial charge in [0.2, 0.25) is 0 Å². The molecule has 0 radical (unpaired) electrons. The molecule has 0 N–H and O–H groups in total. The Hall–Kier alpha value is -0.890. The van der Waals surface area contributed by atoms with Crippen LogP contribution in [-0.2, 0) is 9.53 Å². The van der Waals surface area contributed by atoms with Crippen molar-refractivity contribution in [2.24, 2.45) is 45.3 Å². The van der Waals surface area contributed by atoms with Crippen LogP contribution < -0.4 is 0 Å². The van der Waals surface area contributed by atoms with E-state index in [4.69, 9.17) is 4.74 Å². The maximum Gasteiger partial charge on any atom is 0.138 e. The highest BCUT2D eigenvalue weighted by atomic mass is 16.5. The highest BCUT2D eigenvalue weighted by Crippen LogP contribution is 2.73. The van der Waals surface area contributed by atoms with Crippen LogP contribution in [0.5, 0.6) is 0 Å². The molecule has 1 aliphatic heterocycles. The lowest BCUT2D eigenvalue weighted by Crippen LogP contribution is -2.57. The third-order valence-electron chi connectivity index (χ3n) is 11.8. The third kappa shape index (κ3) is 2.96. The lowest BCUT2D eigenvalue weighted by Gasteiger charge is -2.63. The van der Waals surface area contributed by atoms with Gasteiger partial charge in [0.05, 0.1) is 12.7 Å². The number of allylic oxidation sites excluding steroid dienone is 3. The van der Waals surface area contributed by atoms with Crippen LogP contribution in [0, 0.1) is 45.3 Å². The van der Waals surface area contributed by atoms with E-state index in [1.54, 1.807) is 5.57 Å². The lowest BCUT2D eigenvalue weighted by molar-refractivity contribution is -0.146. The van der Waals surface area contributed by atoms with Crippen molar-refractivity contribution in [3.8, 4) is 0 Å². The van der Waals surface area contributed by atoms with Gasteiger partial charge >= 0.3 is 0 Å². The molecule has 5 rings (SSSR count). The van der Waals surface area contributed by atoms with Crippen molar-refractivity contribution in [1.82, 2.24) is 0 Å². The zero-order chi connectivity index (χ0) is 23.1. The maximum atomic E-state index is 12.8. The van der Waals surface area contributed by atoms with Crippen LogP contribution in [0.4, 0.5) is 0 Å². The molecule has 4 aliphatic carbocycles. The average Bonchev–Trinajstić information content (AvgIpc) is 3.26. The van der Waals surface area contributed by atoms with Gasteiger partial charge in [0.15, 0.2) is 0 Å². The Balaban J connectivity index is 1.45. The Labute approximate surface area is 196 Å². The van der Waals surface area contributed by atoms with Gasteiger partial charge in [-0.2, -0.15) is 0 Å². The summed E-state index contributed by atoms with van der Waals surface area (Å²) in [7, 11) is 0. The maximum absolute atomic E-state index is 12.8. The summed E-state index contributed by atoms with van der Waals surface area (Å²) in [5.41, 5.74) is 3.98. The number of fused-ring (bicyclic) bond motifs is 5. The van der Waals surface area contributed by atoms with Gasteiger partial charge < -0.3 is 4.74 Å². The predicted molar refractivity (Wildman–Crippen MR) is 131 cm³/mol. The van der Waals surface area contributed by atoms with Crippen LogP contribution in [0.25, 0.3) is 0 Å². The lowest BCUT2D eigenvalue weighted by atomic mass is 9.41. The standard InChI is InChI=1S/C30H46O2/c1-19(2)16-21-17-20(18-32-21)22-10-14-30(7)24-8-9-25-27(3,4)26(31)12-13-28(25,5)23(24)11-15-29(22,30)6/h8,16,20-23,25H,9-15,17-18H2,1-7H3/t20-,21+,22+,23+,25?,28-,29+,30-/m1/s1.